The maximum absolute atomic E-state index is 13.5. The number of carbonyl (C=O) groups is 2. The van der Waals surface area contributed by atoms with E-state index in [1.807, 2.05) is 13.8 Å². The Bertz CT molecular complexity index is 931. The molecule has 0 saturated heterocycles. The van der Waals surface area contributed by atoms with Gasteiger partial charge in [-0.2, -0.15) is 0 Å². The summed E-state index contributed by atoms with van der Waals surface area (Å²) < 4.78 is 36.9. The van der Waals surface area contributed by atoms with E-state index in [1.165, 1.54) is 57.5 Å². The van der Waals surface area contributed by atoms with E-state index in [0.717, 1.165) is 5.06 Å². The van der Waals surface area contributed by atoms with Gasteiger partial charge in [-0.25, -0.2) is 13.8 Å². The number of ketones is 1. The number of Topliss-reactive ketones (excluding diaryl/α,β-unsaturated/α-hetero) is 1. The Morgan fingerprint density at radius 3 is 1.73 bits per heavy atom. The first-order valence-electron chi connectivity index (χ1n) is 10.1. The van der Waals surface area contributed by atoms with E-state index in [2.05, 4.69) is 13.2 Å². The van der Waals surface area contributed by atoms with Crippen LogP contribution in [0.25, 0.3) is 0 Å². The molecule has 0 atom stereocenters. The van der Waals surface area contributed by atoms with Crippen LogP contribution >= 0.6 is 0 Å². The van der Waals surface area contributed by atoms with Gasteiger partial charge in [-0.15, -0.1) is 0 Å². The van der Waals surface area contributed by atoms with Crippen molar-refractivity contribution < 1.29 is 32.7 Å². The summed E-state index contributed by atoms with van der Waals surface area (Å²) in [7, 11) is 2.73. The van der Waals surface area contributed by atoms with Crippen LogP contribution in [-0.2, 0) is 4.84 Å². The molecule has 0 aliphatic rings. The van der Waals surface area contributed by atoms with Crippen molar-refractivity contribution in [2.45, 2.75) is 20.8 Å². The van der Waals surface area contributed by atoms with Gasteiger partial charge in [0.1, 0.15) is 36.3 Å². The largest absolute Gasteiger partial charge is 0.490 e. The minimum atomic E-state index is -0.621. The number of ether oxygens (including phenoxy) is 2. The second-order valence-electron chi connectivity index (χ2n) is 6.02. The third kappa shape index (κ3) is 10.1. The Balaban J connectivity index is 0.000000586. The summed E-state index contributed by atoms with van der Waals surface area (Å²) in [6.07, 6.45) is 3.14. The number of amides is 1. The first-order valence-corrected chi connectivity index (χ1v) is 10.1. The standard InChI is InChI=1S/C12H14FNO3.C11H11FO2.C2H6/c1-4-7-17-9-5-6-11(13)10(8-9)12(15)14(2)16-3;1-3-6-14-9-4-5-11(12)10(7-9)8(2)13;1-2/h4-6,8H,1,7H2,2-3H3;3-5,7H,1,6H2,2H3;1-2H3. The third-order valence-corrected chi connectivity index (χ3v) is 3.78. The van der Waals surface area contributed by atoms with Gasteiger partial charge in [0, 0.05) is 7.05 Å². The van der Waals surface area contributed by atoms with E-state index in [1.54, 1.807) is 12.2 Å². The molecule has 2 rings (SSSR count). The van der Waals surface area contributed by atoms with E-state index >= 15 is 0 Å². The van der Waals surface area contributed by atoms with Crippen molar-refractivity contribution in [1.29, 1.82) is 0 Å². The lowest BCUT2D eigenvalue weighted by atomic mass is 10.1. The van der Waals surface area contributed by atoms with Gasteiger partial charge in [-0.3, -0.25) is 14.4 Å². The van der Waals surface area contributed by atoms with Crippen molar-refractivity contribution in [2.24, 2.45) is 0 Å². The van der Waals surface area contributed by atoms with Crippen LogP contribution in [0.2, 0.25) is 0 Å². The fraction of sp³-hybridized carbons (Fsp3) is 0.280. The summed E-state index contributed by atoms with van der Waals surface area (Å²) in [6.45, 7) is 12.9. The predicted molar refractivity (Wildman–Crippen MR) is 125 cm³/mol. The smallest absolute Gasteiger partial charge is 0.280 e. The monoisotopic (exact) mass is 463 g/mol. The molecule has 0 N–H and O–H groups in total. The van der Waals surface area contributed by atoms with Gasteiger partial charge in [0.2, 0.25) is 0 Å². The van der Waals surface area contributed by atoms with Gasteiger partial charge in [-0.1, -0.05) is 39.2 Å². The molecule has 0 heterocycles. The summed E-state index contributed by atoms with van der Waals surface area (Å²) in [5, 5.41) is 0.940. The van der Waals surface area contributed by atoms with E-state index in [0.29, 0.717) is 24.7 Å². The zero-order valence-electron chi connectivity index (χ0n) is 19.7. The molecule has 8 heteroatoms. The van der Waals surface area contributed by atoms with Crippen molar-refractivity contribution in [2.75, 3.05) is 27.4 Å². The molecule has 0 saturated carbocycles. The van der Waals surface area contributed by atoms with Crippen molar-refractivity contribution in [3.8, 4) is 11.5 Å². The average molecular weight is 464 g/mol. The Morgan fingerprint density at radius 2 is 1.33 bits per heavy atom. The summed E-state index contributed by atoms with van der Waals surface area (Å²) in [5.74, 6) is -1.16. The molecule has 0 aliphatic carbocycles. The zero-order chi connectivity index (χ0) is 25.4. The number of carbonyl (C=O) groups excluding carboxylic acids is 2. The van der Waals surface area contributed by atoms with E-state index in [-0.39, 0.29) is 16.9 Å². The number of nitrogens with zero attached hydrogens (tertiary/aromatic N) is 1. The molecule has 0 unspecified atom stereocenters. The highest BCUT2D eigenvalue weighted by Gasteiger charge is 2.17. The number of halogens is 2. The topological polar surface area (TPSA) is 65.1 Å². The lowest BCUT2D eigenvalue weighted by Crippen LogP contribution is -2.26. The van der Waals surface area contributed by atoms with Crippen LogP contribution in [0, 0.1) is 11.6 Å². The van der Waals surface area contributed by atoms with Crippen LogP contribution in [-0.4, -0.2) is 44.1 Å². The van der Waals surface area contributed by atoms with Crippen LogP contribution in [0.15, 0.2) is 61.7 Å². The Labute approximate surface area is 194 Å². The molecule has 2 aromatic carbocycles. The van der Waals surface area contributed by atoms with Crippen molar-refractivity contribution in [1.82, 2.24) is 5.06 Å². The quantitative estimate of drug-likeness (QED) is 0.273. The third-order valence-electron chi connectivity index (χ3n) is 3.78. The lowest BCUT2D eigenvalue weighted by Gasteiger charge is -2.14. The average Bonchev–Trinajstić information content (AvgIpc) is 2.83. The molecule has 1 amide bonds. The van der Waals surface area contributed by atoms with E-state index in [9.17, 15) is 18.4 Å². The molecule has 6 nitrogen and oxygen atoms in total. The Hall–Kier alpha value is -3.52. The molecule has 180 valence electrons. The van der Waals surface area contributed by atoms with Gasteiger partial charge >= 0.3 is 0 Å². The van der Waals surface area contributed by atoms with Gasteiger partial charge in [0.15, 0.2) is 5.78 Å². The molecule has 0 aliphatic heterocycles. The maximum Gasteiger partial charge on any atom is 0.280 e. The van der Waals surface area contributed by atoms with Crippen molar-refractivity contribution >= 4 is 11.7 Å². The second kappa shape index (κ2) is 16.2. The molecule has 0 fully saturated rings. The molecule has 2 aromatic rings. The minimum Gasteiger partial charge on any atom is -0.490 e. The maximum atomic E-state index is 13.5. The molecular weight excluding hydrogens is 432 g/mol. The SMILES string of the molecule is C=CCOc1ccc(F)c(C(=O)N(C)OC)c1.C=CCOc1ccc(F)c(C(C)=O)c1.CC. The summed E-state index contributed by atoms with van der Waals surface area (Å²) >= 11 is 0. The summed E-state index contributed by atoms with van der Waals surface area (Å²) in [5.41, 5.74) is -0.0533. The first kappa shape index (κ1) is 29.5. The zero-order valence-corrected chi connectivity index (χ0v) is 19.7. The number of rotatable bonds is 9. The second-order valence-corrected chi connectivity index (χ2v) is 6.02. The number of hydroxylamine groups is 2. The summed E-state index contributed by atoms with van der Waals surface area (Å²) in [6, 6.07) is 8.04. The number of hydrogen-bond acceptors (Lipinski definition) is 5. The fourth-order valence-corrected chi connectivity index (χ4v) is 2.18. The van der Waals surface area contributed by atoms with E-state index < -0.39 is 17.5 Å². The molecular formula is C25H31F2NO5. The normalized spacial score (nSPS) is 9.30. The van der Waals surface area contributed by atoms with Crippen molar-refractivity contribution in [3.05, 3.63) is 84.5 Å². The van der Waals surface area contributed by atoms with Crippen LogP contribution in [0.1, 0.15) is 41.5 Å². The number of hydrogen-bond donors (Lipinski definition) is 0. The predicted octanol–water partition coefficient (Wildman–Crippen LogP) is 5.64. The Morgan fingerprint density at radius 1 is 0.909 bits per heavy atom. The van der Waals surface area contributed by atoms with Crippen molar-refractivity contribution in [3.63, 3.8) is 0 Å². The highest BCUT2D eigenvalue weighted by Crippen LogP contribution is 2.19. The molecule has 0 aromatic heterocycles. The first-order chi connectivity index (χ1) is 15.7. The van der Waals surface area contributed by atoms with Gasteiger partial charge in [0.25, 0.3) is 5.91 Å². The Kier molecular flexibility index (Phi) is 14.4. The molecule has 0 spiro atoms. The van der Waals surface area contributed by atoms with Gasteiger partial charge in [-0.05, 0) is 43.3 Å². The fourth-order valence-electron chi connectivity index (χ4n) is 2.18. The van der Waals surface area contributed by atoms with E-state index in [4.69, 9.17) is 14.3 Å². The van der Waals surface area contributed by atoms with Gasteiger partial charge < -0.3 is 9.47 Å². The molecule has 0 radical (unpaired) electrons. The highest BCUT2D eigenvalue weighted by atomic mass is 19.1. The highest BCUT2D eigenvalue weighted by molar-refractivity contribution is 5.95. The molecule has 0 bridgehead atoms. The van der Waals surface area contributed by atoms with Crippen LogP contribution in [0.5, 0.6) is 11.5 Å². The van der Waals surface area contributed by atoms with Crippen LogP contribution < -0.4 is 9.47 Å². The van der Waals surface area contributed by atoms with Crippen LogP contribution in [0.3, 0.4) is 0 Å². The van der Waals surface area contributed by atoms with Crippen LogP contribution in [0.4, 0.5) is 8.78 Å². The number of benzene rings is 2. The summed E-state index contributed by atoms with van der Waals surface area (Å²) in [4.78, 5) is 27.4. The minimum absolute atomic E-state index is 0.0477. The molecule has 33 heavy (non-hydrogen) atoms. The lowest BCUT2D eigenvalue weighted by molar-refractivity contribution is -0.0759. The van der Waals surface area contributed by atoms with Gasteiger partial charge in [0.05, 0.1) is 18.2 Å².